The molecule has 2 aromatic rings. The van der Waals surface area contributed by atoms with Crippen molar-refractivity contribution in [3.8, 4) is 0 Å². The van der Waals surface area contributed by atoms with Crippen molar-refractivity contribution < 1.29 is 9.71 Å². The van der Waals surface area contributed by atoms with Crippen LogP contribution >= 0.6 is 15.9 Å². The van der Waals surface area contributed by atoms with Gasteiger partial charge in [-0.05, 0) is 29.8 Å². The second-order valence-corrected chi connectivity index (χ2v) is 5.20. The number of benzene rings is 2. The Morgan fingerprint density at radius 2 is 1.50 bits per heavy atom. The topological polar surface area (TPSA) is 16.6 Å². The quantitative estimate of drug-likeness (QED) is 0.818. The van der Waals surface area contributed by atoms with Gasteiger partial charge >= 0.3 is 0 Å². The molecule has 0 bridgehead atoms. The highest BCUT2D eigenvalue weighted by Crippen LogP contribution is 2.09. The summed E-state index contributed by atoms with van der Waals surface area (Å²) in [6, 6.07) is 15.1. The fourth-order valence-electron chi connectivity index (χ4n) is 1.81. The van der Waals surface area contributed by atoms with Gasteiger partial charge in [0.1, 0.15) is 12.4 Å². The van der Waals surface area contributed by atoms with E-state index in [4.69, 9.17) is 0 Å². The van der Waals surface area contributed by atoms with Crippen LogP contribution < -0.4 is 5.32 Å². The molecule has 1 nitrogen and oxygen atoms in total. The molecule has 0 atom stereocenters. The minimum Gasteiger partial charge on any atom is -0.342 e. The average Bonchev–Trinajstić information content (AvgIpc) is 2.39. The van der Waals surface area contributed by atoms with Gasteiger partial charge in [-0.2, -0.15) is 0 Å². The van der Waals surface area contributed by atoms with Gasteiger partial charge in [0, 0.05) is 16.5 Å². The lowest BCUT2D eigenvalue weighted by molar-refractivity contribution is -0.670. The normalized spacial score (nSPS) is 10.6. The zero-order valence-corrected chi connectivity index (χ0v) is 11.7. The molecule has 2 aromatic carbocycles. The van der Waals surface area contributed by atoms with Gasteiger partial charge in [0.05, 0.1) is 6.54 Å². The summed E-state index contributed by atoms with van der Waals surface area (Å²) in [6.07, 6.45) is 0.969. The Bertz CT molecular complexity index is 431. The van der Waals surface area contributed by atoms with E-state index >= 15 is 0 Å². The predicted molar refractivity (Wildman–Crippen MR) is 74.7 cm³/mol. The number of nitrogens with two attached hydrogens (primary N) is 1. The van der Waals surface area contributed by atoms with Crippen LogP contribution in [0.2, 0.25) is 0 Å². The Labute approximate surface area is 115 Å². The number of halogens is 2. The molecule has 18 heavy (non-hydrogen) atoms. The van der Waals surface area contributed by atoms with E-state index in [0.717, 1.165) is 24.0 Å². The third-order valence-electron chi connectivity index (χ3n) is 2.84. The summed E-state index contributed by atoms with van der Waals surface area (Å²) in [5, 5.41) is 2.27. The van der Waals surface area contributed by atoms with Crippen LogP contribution in [-0.2, 0) is 13.0 Å². The van der Waals surface area contributed by atoms with Gasteiger partial charge in [-0.1, -0.05) is 40.2 Å². The van der Waals surface area contributed by atoms with E-state index in [0.29, 0.717) is 0 Å². The first kappa shape index (κ1) is 13.2. The van der Waals surface area contributed by atoms with Crippen LogP contribution in [0.1, 0.15) is 11.1 Å². The maximum atomic E-state index is 12.7. The Kier molecular flexibility index (Phi) is 4.90. The van der Waals surface area contributed by atoms with Gasteiger partial charge in [0.25, 0.3) is 0 Å². The van der Waals surface area contributed by atoms with E-state index in [1.807, 2.05) is 12.1 Å². The zero-order valence-electron chi connectivity index (χ0n) is 10.1. The molecule has 0 aliphatic carbocycles. The predicted octanol–water partition coefficient (Wildman–Crippen LogP) is 2.89. The van der Waals surface area contributed by atoms with E-state index in [9.17, 15) is 4.39 Å². The Morgan fingerprint density at radius 1 is 0.889 bits per heavy atom. The molecule has 0 aliphatic heterocycles. The molecule has 0 aromatic heterocycles. The van der Waals surface area contributed by atoms with Crippen molar-refractivity contribution in [3.05, 3.63) is 69.9 Å². The van der Waals surface area contributed by atoms with E-state index in [1.54, 1.807) is 0 Å². The van der Waals surface area contributed by atoms with Crippen LogP contribution in [0.3, 0.4) is 0 Å². The lowest BCUT2D eigenvalue weighted by Gasteiger charge is -2.03. The van der Waals surface area contributed by atoms with E-state index < -0.39 is 0 Å². The number of quaternary nitrogens is 1. The fraction of sp³-hybridized carbons (Fsp3) is 0.200. The van der Waals surface area contributed by atoms with Crippen LogP contribution in [0, 0.1) is 5.82 Å². The Morgan fingerprint density at radius 3 is 2.17 bits per heavy atom. The minimum atomic E-state index is -0.169. The van der Waals surface area contributed by atoms with E-state index in [1.165, 1.54) is 23.3 Å². The van der Waals surface area contributed by atoms with Gasteiger partial charge in [0.2, 0.25) is 0 Å². The second-order valence-electron chi connectivity index (χ2n) is 4.28. The van der Waals surface area contributed by atoms with Gasteiger partial charge in [-0.15, -0.1) is 0 Å². The molecule has 0 heterocycles. The maximum Gasteiger partial charge on any atom is 0.123 e. The van der Waals surface area contributed by atoms with Gasteiger partial charge in [0.15, 0.2) is 0 Å². The first-order chi connectivity index (χ1) is 8.74. The molecule has 0 aliphatic rings. The van der Waals surface area contributed by atoms with Crippen molar-refractivity contribution in [2.24, 2.45) is 0 Å². The van der Waals surface area contributed by atoms with Crippen molar-refractivity contribution in [1.29, 1.82) is 0 Å². The maximum absolute atomic E-state index is 12.7. The molecule has 3 heteroatoms. The summed E-state index contributed by atoms with van der Waals surface area (Å²) >= 11 is 3.42. The molecule has 94 valence electrons. The Balaban J connectivity index is 1.73. The zero-order chi connectivity index (χ0) is 12.8. The molecular formula is C15H16BrFN+. The monoisotopic (exact) mass is 308 g/mol. The Hall–Kier alpha value is -1.19. The molecule has 0 spiro atoms. The van der Waals surface area contributed by atoms with Crippen LogP contribution in [0.15, 0.2) is 53.0 Å². The average molecular weight is 309 g/mol. The summed E-state index contributed by atoms with van der Waals surface area (Å²) in [5.74, 6) is -0.169. The molecule has 0 saturated heterocycles. The SMILES string of the molecule is Fc1ccc(CC[NH2+]Cc2ccc(Br)cc2)cc1. The molecule has 0 radical (unpaired) electrons. The smallest absolute Gasteiger partial charge is 0.123 e. The molecule has 0 unspecified atom stereocenters. The summed E-state index contributed by atoms with van der Waals surface area (Å²) in [7, 11) is 0. The van der Waals surface area contributed by atoms with Gasteiger partial charge in [-0.3, -0.25) is 0 Å². The van der Waals surface area contributed by atoms with Crippen LogP contribution in [-0.4, -0.2) is 6.54 Å². The highest BCUT2D eigenvalue weighted by atomic mass is 79.9. The molecule has 0 saturated carbocycles. The fourth-order valence-corrected chi connectivity index (χ4v) is 2.07. The first-order valence-corrected chi connectivity index (χ1v) is 6.84. The highest BCUT2D eigenvalue weighted by molar-refractivity contribution is 9.10. The summed E-state index contributed by atoms with van der Waals surface area (Å²) in [6.45, 7) is 2.00. The molecular weight excluding hydrogens is 293 g/mol. The lowest BCUT2D eigenvalue weighted by atomic mass is 10.1. The van der Waals surface area contributed by atoms with Gasteiger partial charge < -0.3 is 5.32 Å². The first-order valence-electron chi connectivity index (χ1n) is 6.04. The van der Waals surface area contributed by atoms with Crippen molar-refractivity contribution in [2.45, 2.75) is 13.0 Å². The van der Waals surface area contributed by atoms with Crippen molar-refractivity contribution >= 4 is 15.9 Å². The summed E-state index contributed by atoms with van der Waals surface area (Å²) < 4.78 is 13.8. The minimum absolute atomic E-state index is 0.169. The largest absolute Gasteiger partial charge is 0.342 e. The third-order valence-corrected chi connectivity index (χ3v) is 3.37. The van der Waals surface area contributed by atoms with Crippen LogP contribution in [0.4, 0.5) is 4.39 Å². The van der Waals surface area contributed by atoms with Crippen molar-refractivity contribution in [3.63, 3.8) is 0 Å². The summed E-state index contributed by atoms with van der Waals surface area (Å²) in [5.41, 5.74) is 2.50. The number of hydrogen-bond donors (Lipinski definition) is 1. The van der Waals surface area contributed by atoms with Crippen LogP contribution in [0.25, 0.3) is 0 Å². The highest BCUT2D eigenvalue weighted by Gasteiger charge is 1.98. The standard InChI is InChI=1S/C15H15BrFN/c16-14-5-1-13(2-6-14)11-18-10-9-12-3-7-15(17)8-4-12/h1-8,18H,9-11H2/p+1. The molecule has 2 rings (SSSR count). The second kappa shape index (κ2) is 6.66. The molecule has 2 N–H and O–H groups in total. The number of rotatable bonds is 5. The van der Waals surface area contributed by atoms with Crippen molar-refractivity contribution in [2.75, 3.05) is 6.54 Å². The van der Waals surface area contributed by atoms with Gasteiger partial charge in [-0.25, -0.2) is 4.39 Å². The number of hydrogen-bond acceptors (Lipinski definition) is 0. The lowest BCUT2D eigenvalue weighted by Crippen LogP contribution is -2.83. The van der Waals surface area contributed by atoms with E-state index in [2.05, 4.69) is 45.5 Å². The van der Waals surface area contributed by atoms with Crippen molar-refractivity contribution in [1.82, 2.24) is 0 Å². The molecule has 0 fully saturated rings. The summed E-state index contributed by atoms with van der Waals surface area (Å²) in [4.78, 5) is 0. The van der Waals surface area contributed by atoms with Crippen LogP contribution in [0.5, 0.6) is 0 Å². The molecule has 0 amide bonds. The third kappa shape index (κ3) is 4.24. The van der Waals surface area contributed by atoms with E-state index in [-0.39, 0.29) is 5.82 Å².